The van der Waals surface area contributed by atoms with E-state index in [0.717, 1.165) is 23.4 Å². The quantitative estimate of drug-likeness (QED) is 0.894. The molecule has 0 spiro atoms. The molecule has 0 saturated carbocycles. The zero-order valence-corrected chi connectivity index (χ0v) is 15.7. The molecule has 0 radical (unpaired) electrons. The first kappa shape index (κ1) is 18.3. The summed E-state index contributed by atoms with van der Waals surface area (Å²) in [6.07, 6.45) is 3.21. The predicted molar refractivity (Wildman–Crippen MR) is 102 cm³/mol. The summed E-state index contributed by atoms with van der Waals surface area (Å²) in [6.45, 7) is 7.77. The smallest absolute Gasteiger partial charge is 0.256 e. The van der Waals surface area contributed by atoms with Crippen LogP contribution in [0, 0.1) is 0 Å². The summed E-state index contributed by atoms with van der Waals surface area (Å²) < 4.78 is 1.63. The Morgan fingerprint density at radius 1 is 1.27 bits per heavy atom. The van der Waals surface area contributed by atoms with Crippen molar-refractivity contribution in [2.75, 3.05) is 11.9 Å². The minimum Gasteiger partial charge on any atom is -0.325 e. The monoisotopic (exact) mass is 354 g/mol. The summed E-state index contributed by atoms with van der Waals surface area (Å²) in [5.74, 6) is -0.0420. The van der Waals surface area contributed by atoms with Crippen molar-refractivity contribution in [3.63, 3.8) is 0 Å². The first-order valence-electron chi connectivity index (χ1n) is 9.24. The fraction of sp³-hybridized carbons (Fsp3) is 0.450. The molecule has 1 N–H and O–H groups in total. The van der Waals surface area contributed by atoms with E-state index in [2.05, 4.69) is 22.1 Å². The third-order valence-electron chi connectivity index (χ3n) is 5.12. The fourth-order valence-electron chi connectivity index (χ4n) is 3.27. The van der Waals surface area contributed by atoms with Crippen molar-refractivity contribution in [3.05, 3.63) is 57.8 Å². The van der Waals surface area contributed by atoms with E-state index in [1.165, 1.54) is 5.56 Å². The van der Waals surface area contributed by atoms with Crippen LogP contribution in [0.25, 0.3) is 0 Å². The molecule has 1 aromatic carbocycles. The van der Waals surface area contributed by atoms with Crippen LogP contribution in [0.5, 0.6) is 0 Å². The third-order valence-corrected chi connectivity index (χ3v) is 5.12. The lowest BCUT2D eigenvalue weighted by atomic mass is 10.0. The minimum atomic E-state index is -0.288. The number of hydrogen-bond acceptors (Lipinski definition) is 4. The maximum Gasteiger partial charge on any atom is 0.256 e. The van der Waals surface area contributed by atoms with E-state index in [-0.39, 0.29) is 17.5 Å². The molecule has 0 saturated heterocycles. The zero-order chi connectivity index (χ0) is 18.7. The van der Waals surface area contributed by atoms with Gasteiger partial charge in [0.05, 0.1) is 18.1 Å². The lowest BCUT2D eigenvalue weighted by molar-refractivity contribution is -0.121. The van der Waals surface area contributed by atoms with Crippen LogP contribution in [0.1, 0.15) is 37.6 Å². The van der Waals surface area contributed by atoms with Crippen molar-refractivity contribution in [2.45, 2.75) is 52.7 Å². The summed E-state index contributed by atoms with van der Waals surface area (Å²) in [4.78, 5) is 31.5. The van der Waals surface area contributed by atoms with Crippen LogP contribution in [0.15, 0.2) is 35.4 Å². The standard InChI is InChI=1S/C20H26N4O2/c1-4-15-6-8-16(9-7-15)22-19(25)14(3)24-11-10-17-18(12-24)21-13-23(5-2)20(17)26/h6-9,13-14H,4-5,10-12H2,1-3H3,(H,22,25)/t14-/m1/s1. The van der Waals surface area contributed by atoms with Crippen LogP contribution in [0.3, 0.4) is 0 Å². The van der Waals surface area contributed by atoms with Gasteiger partial charge in [-0.25, -0.2) is 4.98 Å². The molecule has 26 heavy (non-hydrogen) atoms. The topological polar surface area (TPSA) is 67.2 Å². The first-order chi connectivity index (χ1) is 12.5. The van der Waals surface area contributed by atoms with Gasteiger partial charge in [0.15, 0.2) is 0 Å². The van der Waals surface area contributed by atoms with Crippen molar-refractivity contribution < 1.29 is 4.79 Å². The number of amides is 1. The van der Waals surface area contributed by atoms with Gasteiger partial charge in [0.25, 0.3) is 5.56 Å². The largest absolute Gasteiger partial charge is 0.325 e. The molecular weight excluding hydrogens is 328 g/mol. The molecule has 1 aliphatic heterocycles. The number of nitrogens with zero attached hydrogens (tertiary/aromatic N) is 3. The Morgan fingerprint density at radius 3 is 2.65 bits per heavy atom. The van der Waals surface area contributed by atoms with Gasteiger partial charge in [-0.1, -0.05) is 19.1 Å². The van der Waals surface area contributed by atoms with Crippen molar-refractivity contribution in [2.24, 2.45) is 0 Å². The second-order valence-corrected chi connectivity index (χ2v) is 6.70. The van der Waals surface area contributed by atoms with E-state index < -0.39 is 0 Å². The highest BCUT2D eigenvalue weighted by molar-refractivity contribution is 5.94. The molecule has 3 rings (SSSR count). The van der Waals surface area contributed by atoms with Crippen LogP contribution in [0.4, 0.5) is 5.69 Å². The molecule has 0 bridgehead atoms. The highest BCUT2D eigenvalue weighted by Gasteiger charge is 2.27. The Labute approximate surface area is 153 Å². The van der Waals surface area contributed by atoms with E-state index in [0.29, 0.717) is 26.1 Å². The summed E-state index contributed by atoms with van der Waals surface area (Å²) in [7, 11) is 0. The molecule has 0 unspecified atom stereocenters. The van der Waals surface area contributed by atoms with E-state index >= 15 is 0 Å². The van der Waals surface area contributed by atoms with Crippen LogP contribution < -0.4 is 10.9 Å². The average Bonchev–Trinajstić information content (AvgIpc) is 2.68. The summed E-state index contributed by atoms with van der Waals surface area (Å²) in [6, 6.07) is 7.64. The highest BCUT2D eigenvalue weighted by Crippen LogP contribution is 2.17. The number of hydrogen-bond donors (Lipinski definition) is 1. The van der Waals surface area contributed by atoms with E-state index in [4.69, 9.17) is 0 Å². The Hall–Kier alpha value is -2.47. The lowest BCUT2D eigenvalue weighted by Crippen LogP contribution is -2.46. The maximum absolute atomic E-state index is 12.6. The van der Waals surface area contributed by atoms with Crippen LogP contribution in [-0.2, 0) is 30.7 Å². The molecule has 1 aromatic heterocycles. The van der Waals surface area contributed by atoms with Crippen LogP contribution in [-0.4, -0.2) is 32.9 Å². The predicted octanol–water partition coefficient (Wildman–Crippen LogP) is 2.21. The Bertz CT molecular complexity index is 842. The molecule has 1 aliphatic rings. The second-order valence-electron chi connectivity index (χ2n) is 6.70. The molecule has 6 nitrogen and oxygen atoms in total. The van der Waals surface area contributed by atoms with Gasteiger partial charge in [-0.2, -0.15) is 0 Å². The Morgan fingerprint density at radius 2 is 2.00 bits per heavy atom. The maximum atomic E-state index is 12.6. The van der Waals surface area contributed by atoms with Gasteiger partial charge in [0.1, 0.15) is 0 Å². The van der Waals surface area contributed by atoms with Gasteiger partial charge in [0.2, 0.25) is 5.91 Å². The number of benzene rings is 1. The molecule has 138 valence electrons. The Kier molecular flexibility index (Phi) is 5.52. The number of fused-ring (bicyclic) bond motifs is 1. The SMILES string of the molecule is CCc1ccc(NC(=O)[C@@H](C)N2CCc3c(ncn(CC)c3=O)C2)cc1. The first-order valence-corrected chi connectivity index (χ1v) is 9.24. The van der Waals surface area contributed by atoms with Crippen molar-refractivity contribution in [1.82, 2.24) is 14.5 Å². The number of carbonyl (C=O) groups excluding carboxylic acids is 1. The molecule has 2 heterocycles. The number of aryl methyl sites for hydroxylation is 2. The normalized spacial score (nSPS) is 15.3. The number of nitrogens with one attached hydrogen (secondary N) is 1. The molecule has 1 amide bonds. The number of carbonyl (C=O) groups is 1. The molecular formula is C20H26N4O2. The summed E-state index contributed by atoms with van der Waals surface area (Å²) in [5.41, 5.74) is 3.67. The van der Waals surface area contributed by atoms with Crippen molar-refractivity contribution in [3.8, 4) is 0 Å². The molecule has 6 heteroatoms. The molecule has 1 atom stereocenters. The lowest BCUT2D eigenvalue weighted by Gasteiger charge is -2.32. The molecule has 2 aromatic rings. The van der Waals surface area contributed by atoms with Gasteiger partial charge in [-0.3, -0.25) is 19.1 Å². The Balaban J connectivity index is 1.68. The van der Waals surface area contributed by atoms with Crippen LogP contribution in [0.2, 0.25) is 0 Å². The average molecular weight is 354 g/mol. The van der Waals surface area contributed by atoms with Crippen LogP contribution >= 0.6 is 0 Å². The number of rotatable bonds is 5. The van der Waals surface area contributed by atoms with Gasteiger partial charge in [-0.15, -0.1) is 0 Å². The second kappa shape index (κ2) is 7.83. The van der Waals surface area contributed by atoms with Gasteiger partial charge in [0, 0.05) is 30.9 Å². The number of anilines is 1. The van der Waals surface area contributed by atoms with Gasteiger partial charge >= 0.3 is 0 Å². The van der Waals surface area contributed by atoms with Crippen molar-refractivity contribution in [1.29, 1.82) is 0 Å². The molecule has 0 fully saturated rings. The fourth-order valence-corrected chi connectivity index (χ4v) is 3.27. The van der Waals surface area contributed by atoms with Crippen molar-refractivity contribution >= 4 is 11.6 Å². The van der Waals surface area contributed by atoms with Gasteiger partial charge < -0.3 is 5.32 Å². The third kappa shape index (κ3) is 3.70. The van der Waals surface area contributed by atoms with Gasteiger partial charge in [-0.05, 0) is 44.4 Å². The minimum absolute atomic E-state index is 0.0420. The van der Waals surface area contributed by atoms with E-state index in [9.17, 15) is 9.59 Å². The summed E-state index contributed by atoms with van der Waals surface area (Å²) in [5, 5.41) is 2.98. The summed E-state index contributed by atoms with van der Waals surface area (Å²) >= 11 is 0. The highest BCUT2D eigenvalue weighted by atomic mass is 16.2. The zero-order valence-electron chi connectivity index (χ0n) is 15.7. The molecule has 0 aliphatic carbocycles. The van der Waals surface area contributed by atoms with E-state index in [1.807, 2.05) is 38.1 Å². The van der Waals surface area contributed by atoms with E-state index in [1.54, 1.807) is 10.9 Å². The number of aromatic nitrogens is 2.